The van der Waals surface area contributed by atoms with Gasteiger partial charge in [-0.2, -0.15) is 0 Å². The average molecular weight is 707 g/mol. The Morgan fingerprint density at radius 1 is 1.02 bits per heavy atom. The Morgan fingerprint density at radius 3 is 2.15 bits per heavy atom. The van der Waals surface area contributed by atoms with Crippen molar-refractivity contribution in [1.29, 1.82) is 0 Å². The van der Waals surface area contributed by atoms with Gasteiger partial charge in [0.25, 0.3) is 0 Å². The molecule has 48 heavy (non-hydrogen) atoms. The molecule has 1 heterocycles. The number of rotatable bonds is 14. The molecule has 1 aliphatic heterocycles. The highest BCUT2D eigenvalue weighted by Gasteiger charge is 2.43. The second-order valence-corrected chi connectivity index (χ2v) is 15.7. The summed E-state index contributed by atoms with van der Waals surface area (Å²) in [6.45, 7) is 11.1. The molecule has 0 spiro atoms. The molecular formula is C32H50F4N6O5S. The third-order valence-corrected chi connectivity index (χ3v) is 9.27. The lowest BCUT2D eigenvalue weighted by Gasteiger charge is -2.37. The smallest absolute Gasteiger partial charge is 0.315 e. The van der Waals surface area contributed by atoms with E-state index in [2.05, 4.69) is 21.3 Å². The van der Waals surface area contributed by atoms with Gasteiger partial charge in [-0.15, -0.1) is 4.31 Å². The fourth-order valence-electron chi connectivity index (χ4n) is 5.23. The normalized spacial score (nSPS) is 17.9. The first-order valence-corrected chi connectivity index (χ1v) is 17.4. The molecule has 0 saturated carbocycles. The number of urea groups is 1. The molecule has 11 nitrogen and oxygen atoms in total. The third kappa shape index (κ3) is 12.1. The van der Waals surface area contributed by atoms with Gasteiger partial charge in [0.2, 0.25) is 24.1 Å². The molecule has 4 N–H and O–H groups in total. The molecule has 0 bridgehead atoms. The van der Waals surface area contributed by atoms with Crippen LogP contribution in [-0.4, -0.2) is 101 Å². The summed E-state index contributed by atoms with van der Waals surface area (Å²) in [5.74, 6) is -3.97. The molecule has 5 amide bonds. The van der Waals surface area contributed by atoms with Crippen LogP contribution in [0.25, 0.3) is 0 Å². The fraction of sp³-hybridized carbons (Fsp3) is 0.688. The number of hydrogen-bond acceptors (Lipinski definition) is 6. The molecule has 1 saturated heterocycles. The molecule has 2 rings (SSSR count). The van der Waals surface area contributed by atoms with E-state index in [1.165, 1.54) is 17.2 Å². The number of amides is 5. The Kier molecular flexibility index (Phi) is 15.0. The maximum Gasteiger partial charge on any atom is 0.315 e. The van der Waals surface area contributed by atoms with E-state index in [9.17, 15) is 41.3 Å². The first-order valence-electron chi connectivity index (χ1n) is 15.8. The Morgan fingerprint density at radius 2 is 1.62 bits per heavy atom. The number of nitrogens with zero attached hydrogens (tertiary/aromatic N) is 2. The Labute approximate surface area is 283 Å². The summed E-state index contributed by atoms with van der Waals surface area (Å²) < 4.78 is 68.3. The molecule has 16 heteroatoms. The lowest BCUT2D eigenvalue weighted by atomic mass is 9.85. The van der Waals surface area contributed by atoms with Gasteiger partial charge in [0.05, 0.1) is 12.6 Å². The van der Waals surface area contributed by atoms with Gasteiger partial charge in [-0.1, -0.05) is 47.6 Å². The predicted octanol–water partition coefficient (Wildman–Crippen LogP) is 3.11. The zero-order valence-corrected chi connectivity index (χ0v) is 29.7. The largest absolute Gasteiger partial charge is 0.598 e. The van der Waals surface area contributed by atoms with Crippen molar-refractivity contribution < 1.29 is 41.3 Å². The Balaban J connectivity index is 2.16. The summed E-state index contributed by atoms with van der Waals surface area (Å²) in [6, 6.07) is -1.65. The molecule has 0 aromatic heterocycles. The van der Waals surface area contributed by atoms with Gasteiger partial charge in [-0.3, -0.25) is 14.4 Å². The van der Waals surface area contributed by atoms with Crippen LogP contribution >= 0.6 is 0 Å². The summed E-state index contributed by atoms with van der Waals surface area (Å²) in [6.07, 6.45) is -2.09. The van der Waals surface area contributed by atoms with Crippen molar-refractivity contribution in [3.05, 3.63) is 35.4 Å². The monoisotopic (exact) mass is 706 g/mol. The maximum atomic E-state index is 13.9. The van der Waals surface area contributed by atoms with Crippen molar-refractivity contribution in [1.82, 2.24) is 30.5 Å². The molecule has 0 radical (unpaired) electrons. The van der Waals surface area contributed by atoms with E-state index in [0.29, 0.717) is 6.42 Å². The van der Waals surface area contributed by atoms with Crippen molar-refractivity contribution in [3.63, 3.8) is 0 Å². The lowest BCUT2D eigenvalue weighted by Crippen LogP contribution is -2.62. The number of carbonyl (C=O) groups excluding carboxylic acids is 4. The number of benzene rings is 1. The highest BCUT2D eigenvalue weighted by atomic mass is 32.2. The van der Waals surface area contributed by atoms with Crippen molar-refractivity contribution in [3.8, 4) is 0 Å². The number of hydrogen-bond donors (Lipinski definition) is 4. The quantitative estimate of drug-likeness (QED) is 0.173. The van der Waals surface area contributed by atoms with Crippen molar-refractivity contribution >= 4 is 35.1 Å². The molecule has 1 aromatic carbocycles. The van der Waals surface area contributed by atoms with E-state index in [1.54, 1.807) is 32.1 Å². The van der Waals surface area contributed by atoms with E-state index < -0.39 is 94.6 Å². The van der Waals surface area contributed by atoms with Crippen LogP contribution in [0.5, 0.6) is 0 Å². The van der Waals surface area contributed by atoms with E-state index in [-0.39, 0.29) is 38.0 Å². The average Bonchev–Trinajstić information content (AvgIpc) is 3.45. The molecule has 272 valence electrons. The number of carbonyl (C=O) groups is 4. The van der Waals surface area contributed by atoms with Gasteiger partial charge in [0.1, 0.15) is 36.0 Å². The van der Waals surface area contributed by atoms with Gasteiger partial charge in [-0.05, 0) is 42.2 Å². The minimum Gasteiger partial charge on any atom is -0.598 e. The van der Waals surface area contributed by atoms with Crippen LogP contribution < -0.4 is 21.3 Å². The van der Waals surface area contributed by atoms with E-state index in [0.717, 1.165) is 12.1 Å². The van der Waals surface area contributed by atoms with Crippen molar-refractivity contribution in [2.75, 3.05) is 32.9 Å². The lowest BCUT2D eigenvalue weighted by molar-refractivity contribution is -0.142. The molecule has 1 aliphatic rings. The summed E-state index contributed by atoms with van der Waals surface area (Å²) in [4.78, 5) is 54.7. The second kappa shape index (κ2) is 17.5. The topological polar surface area (TPSA) is 146 Å². The molecule has 0 aliphatic carbocycles. The SMILES string of the molecule is CN(C[C@@H](NC(=O)N[C@H](C(=O)N1CCC[C@H]1C(=O)N[C@@H](CC(F)F)C(=O)NCCc1c(F)cccc1F)C(C)(C)C)C(C)(C)C)[S+](C)[O-]. The highest BCUT2D eigenvalue weighted by molar-refractivity contribution is 7.88. The number of likely N-dealkylation sites (N-methyl/N-ethyl adjacent to an activating group) is 1. The van der Waals surface area contributed by atoms with Crippen LogP contribution in [0.4, 0.5) is 22.4 Å². The van der Waals surface area contributed by atoms with Gasteiger partial charge in [0, 0.05) is 43.5 Å². The molecule has 1 aromatic rings. The number of halogens is 4. The van der Waals surface area contributed by atoms with E-state index in [1.807, 2.05) is 20.8 Å². The maximum absolute atomic E-state index is 13.9. The number of alkyl halides is 2. The van der Waals surface area contributed by atoms with Gasteiger partial charge >= 0.3 is 6.03 Å². The summed E-state index contributed by atoms with van der Waals surface area (Å²) in [5, 5.41) is 10.3. The zero-order valence-electron chi connectivity index (χ0n) is 28.9. The fourth-order valence-corrected chi connectivity index (χ4v) is 5.59. The van der Waals surface area contributed by atoms with Crippen LogP contribution in [0.1, 0.15) is 66.4 Å². The summed E-state index contributed by atoms with van der Waals surface area (Å²) >= 11 is -1.28. The first-order chi connectivity index (χ1) is 22.1. The van der Waals surface area contributed by atoms with Crippen molar-refractivity contribution in [2.24, 2.45) is 10.8 Å². The Hall–Kier alpha value is -3.11. The molecule has 1 fully saturated rings. The van der Waals surface area contributed by atoms with E-state index in [4.69, 9.17) is 0 Å². The standard InChI is InChI=1S/C32H50F4N6O5S/c1-31(2,3)24(18-41(7)48(8)47)39-30(46)40-26(32(4,5)6)29(45)42-16-10-13-23(42)28(44)38-22(17-25(35)36)27(43)37-15-14-19-20(33)11-9-12-21(19)34/h9,11-12,22-26H,10,13-18H2,1-8H3,(H,37,43)(H,38,44)(H2,39,40,46)/t22-,23-,24+,26+,48?/m0/s1. The third-order valence-electron chi connectivity index (χ3n) is 8.24. The van der Waals surface area contributed by atoms with Gasteiger partial charge in [-0.25, -0.2) is 22.4 Å². The van der Waals surface area contributed by atoms with Gasteiger partial charge in [0.15, 0.2) is 0 Å². The van der Waals surface area contributed by atoms with Crippen LogP contribution in [0.15, 0.2) is 18.2 Å². The first kappa shape index (κ1) is 41.1. The summed E-state index contributed by atoms with van der Waals surface area (Å²) in [7, 11) is 1.66. The van der Waals surface area contributed by atoms with E-state index >= 15 is 0 Å². The minimum absolute atomic E-state index is 0.157. The van der Waals surface area contributed by atoms with Crippen molar-refractivity contribution in [2.45, 2.75) is 97.8 Å². The van der Waals surface area contributed by atoms with Crippen LogP contribution in [0.3, 0.4) is 0 Å². The number of nitrogens with one attached hydrogen (secondary N) is 4. The van der Waals surface area contributed by atoms with Crippen LogP contribution in [0.2, 0.25) is 0 Å². The molecular weight excluding hydrogens is 656 g/mol. The highest BCUT2D eigenvalue weighted by Crippen LogP contribution is 2.27. The zero-order chi connectivity index (χ0) is 36.6. The van der Waals surface area contributed by atoms with Crippen LogP contribution in [-0.2, 0) is 32.2 Å². The molecule has 5 atom stereocenters. The van der Waals surface area contributed by atoms with Crippen LogP contribution in [0, 0.1) is 22.5 Å². The van der Waals surface area contributed by atoms with Gasteiger partial charge < -0.3 is 30.7 Å². The summed E-state index contributed by atoms with van der Waals surface area (Å²) in [5.41, 5.74) is -1.52. The number of likely N-dealkylation sites (tertiary alicyclic amines) is 1. The second-order valence-electron chi connectivity index (χ2n) is 14.2. The molecule has 1 unspecified atom stereocenters. The predicted molar refractivity (Wildman–Crippen MR) is 175 cm³/mol. The minimum atomic E-state index is -2.96. The Bertz CT molecular complexity index is 1260.